The van der Waals surface area contributed by atoms with E-state index in [0.717, 1.165) is 10.0 Å². The van der Waals surface area contributed by atoms with Gasteiger partial charge in [0.25, 0.3) is 0 Å². The van der Waals surface area contributed by atoms with Crippen LogP contribution in [0.1, 0.15) is 27.0 Å². The quantitative estimate of drug-likeness (QED) is 0.299. The lowest BCUT2D eigenvalue weighted by atomic mass is 10.1. The summed E-state index contributed by atoms with van der Waals surface area (Å²) in [5.74, 6) is -0.499. The van der Waals surface area contributed by atoms with Gasteiger partial charge in [-0.2, -0.15) is 0 Å². The Bertz CT molecular complexity index is 1200. The molecular formula is C24H16BrNO4. The molecule has 30 heavy (non-hydrogen) atoms. The molecular weight excluding hydrogens is 446 g/mol. The Labute approximate surface area is 181 Å². The predicted molar refractivity (Wildman–Crippen MR) is 117 cm³/mol. The third-order valence-corrected chi connectivity index (χ3v) is 4.85. The monoisotopic (exact) mass is 461 g/mol. The lowest BCUT2D eigenvalue weighted by Gasteiger charge is -2.09. The van der Waals surface area contributed by atoms with Gasteiger partial charge in [-0.1, -0.05) is 51.8 Å². The largest absolute Gasteiger partial charge is 0.422 e. The van der Waals surface area contributed by atoms with E-state index in [1.165, 1.54) is 0 Å². The zero-order valence-electron chi connectivity index (χ0n) is 16.0. The Balaban J connectivity index is 1.66. The van der Waals surface area contributed by atoms with Crippen molar-refractivity contribution in [3.05, 3.63) is 105 Å². The second kappa shape index (κ2) is 8.47. The fourth-order valence-electron chi connectivity index (χ4n) is 2.92. The molecule has 3 aromatic carbocycles. The van der Waals surface area contributed by atoms with Crippen LogP contribution in [0.3, 0.4) is 0 Å². The average Bonchev–Trinajstić information content (AvgIpc) is 3.11. The highest BCUT2D eigenvalue weighted by Gasteiger charge is 2.24. The van der Waals surface area contributed by atoms with Gasteiger partial charge in [0.15, 0.2) is 5.70 Å². The summed E-state index contributed by atoms with van der Waals surface area (Å²) in [4.78, 5) is 29.2. The van der Waals surface area contributed by atoms with Crippen LogP contribution < -0.4 is 4.74 Å². The molecule has 0 aliphatic carbocycles. The van der Waals surface area contributed by atoms with Gasteiger partial charge in [0.2, 0.25) is 5.90 Å². The molecule has 0 saturated heterocycles. The van der Waals surface area contributed by atoms with Gasteiger partial charge >= 0.3 is 11.9 Å². The van der Waals surface area contributed by atoms with E-state index in [1.54, 1.807) is 42.5 Å². The van der Waals surface area contributed by atoms with Gasteiger partial charge in [-0.3, -0.25) is 0 Å². The van der Waals surface area contributed by atoms with Crippen molar-refractivity contribution < 1.29 is 19.1 Å². The van der Waals surface area contributed by atoms with Gasteiger partial charge in [-0.25, -0.2) is 14.6 Å². The molecule has 5 nitrogen and oxygen atoms in total. The maximum atomic E-state index is 12.6. The molecule has 0 bridgehead atoms. The molecule has 0 saturated carbocycles. The highest BCUT2D eigenvalue weighted by molar-refractivity contribution is 9.10. The number of hydrogen-bond acceptors (Lipinski definition) is 5. The van der Waals surface area contributed by atoms with Gasteiger partial charge in [0.1, 0.15) is 5.75 Å². The fraction of sp³-hybridized carbons (Fsp3) is 0.0417. The molecule has 6 heteroatoms. The van der Waals surface area contributed by atoms with Gasteiger partial charge in [-0.05, 0) is 55.5 Å². The van der Waals surface area contributed by atoms with E-state index < -0.39 is 11.9 Å². The zero-order valence-corrected chi connectivity index (χ0v) is 17.5. The van der Waals surface area contributed by atoms with E-state index in [1.807, 2.05) is 43.3 Å². The third kappa shape index (κ3) is 4.39. The number of rotatable bonds is 4. The molecule has 0 unspecified atom stereocenters. The summed E-state index contributed by atoms with van der Waals surface area (Å²) in [6.07, 6.45) is 1.54. The molecule has 1 aliphatic heterocycles. The number of halogens is 1. The van der Waals surface area contributed by atoms with Crippen LogP contribution in [0.25, 0.3) is 6.08 Å². The summed E-state index contributed by atoms with van der Waals surface area (Å²) in [6.45, 7) is 1.90. The molecule has 3 aromatic rings. The first-order valence-electron chi connectivity index (χ1n) is 9.16. The molecule has 0 N–H and O–H groups in total. The highest BCUT2D eigenvalue weighted by atomic mass is 79.9. The van der Waals surface area contributed by atoms with Crippen molar-refractivity contribution in [1.29, 1.82) is 0 Å². The van der Waals surface area contributed by atoms with E-state index in [9.17, 15) is 9.59 Å². The number of ether oxygens (including phenoxy) is 2. The maximum Gasteiger partial charge on any atom is 0.363 e. The van der Waals surface area contributed by atoms with Crippen LogP contribution in [-0.2, 0) is 9.53 Å². The fourth-order valence-corrected chi connectivity index (χ4v) is 3.30. The average molecular weight is 462 g/mol. The molecule has 0 fully saturated rings. The summed E-state index contributed by atoms with van der Waals surface area (Å²) >= 11 is 3.41. The van der Waals surface area contributed by atoms with E-state index in [4.69, 9.17) is 9.47 Å². The van der Waals surface area contributed by atoms with Crippen LogP contribution in [0, 0.1) is 6.92 Å². The van der Waals surface area contributed by atoms with Crippen LogP contribution >= 0.6 is 15.9 Å². The SMILES string of the molecule is Cc1cccc(C(=O)Oc2ccc(Br)cc2/C=C2/N=C(c3ccccc3)OC2=O)c1. The minimum absolute atomic E-state index is 0.125. The van der Waals surface area contributed by atoms with E-state index in [-0.39, 0.29) is 11.6 Å². The maximum absolute atomic E-state index is 12.6. The standard InChI is InChI=1S/C24H16BrNO4/c1-15-6-5-9-17(12-15)23(27)29-21-11-10-19(25)13-18(21)14-20-24(28)30-22(26-20)16-7-3-2-4-8-16/h2-14H,1H3/b20-14+. The van der Waals surface area contributed by atoms with E-state index in [0.29, 0.717) is 22.4 Å². The van der Waals surface area contributed by atoms with Gasteiger partial charge in [-0.15, -0.1) is 0 Å². The van der Waals surface area contributed by atoms with Crippen molar-refractivity contribution in [3.8, 4) is 5.75 Å². The number of benzene rings is 3. The summed E-state index contributed by atoms with van der Waals surface area (Å²) in [7, 11) is 0. The van der Waals surface area contributed by atoms with Crippen LogP contribution in [0.5, 0.6) is 5.75 Å². The number of aryl methyl sites for hydroxylation is 1. The highest BCUT2D eigenvalue weighted by Crippen LogP contribution is 2.28. The summed E-state index contributed by atoms with van der Waals surface area (Å²) in [5, 5.41) is 0. The van der Waals surface area contributed by atoms with Gasteiger partial charge in [0.05, 0.1) is 5.56 Å². The third-order valence-electron chi connectivity index (χ3n) is 4.36. The van der Waals surface area contributed by atoms with Crippen LogP contribution in [0.2, 0.25) is 0 Å². The minimum atomic E-state index is -0.565. The second-order valence-corrected chi connectivity index (χ2v) is 7.56. The van der Waals surface area contributed by atoms with E-state index in [2.05, 4.69) is 20.9 Å². The Morgan fingerprint density at radius 1 is 1.03 bits per heavy atom. The Morgan fingerprint density at radius 3 is 2.60 bits per heavy atom. The molecule has 148 valence electrons. The lowest BCUT2D eigenvalue weighted by molar-refractivity contribution is -0.129. The van der Waals surface area contributed by atoms with Crippen LogP contribution in [-0.4, -0.2) is 17.8 Å². The summed E-state index contributed by atoms with van der Waals surface area (Å²) < 4.78 is 11.6. The topological polar surface area (TPSA) is 65.0 Å². The van der Waals surface area contributed by atoms with Crippen molar-refractivity contribution in [2.75, 3.05) is 0 Å². The number of cyclic esters (lactones) is 1. The minimum Gasteiger partial charge on any atom is -0.422 e. The van der Waals surface area contributed by atoms with Crippen molar-refractivity contribution in [1.82, 2.24) is 0 Å². The molecule has 0 amide bonds. The Morgan fingerprint density at radius 2 is 1.83 bits per heavy atom. The number of nitrogens with zero attached hydrogens (tertiary/aromatic N) is 1. The molecule has 1 heterocycles. The predicted octanol–water partition coefficient (Wildman–Crippen LogP) is 5.32. The molecule has 0 spiro atoms. The molecule has 1 aliphatic rings. The summed E-state index contributed by atoms with van der Waals surface area (Å²) in [6, 6.07) is 21.5. The first-order valence-corrected chi connectivity index (χ1v) is 9.95. The Hall–Kier alpha value is -3.51. The van der Waals surface area contributed by atoms with Crippen molar-refractivity contribution in [3.63, 3.8) is 0 Å². The van der Waals surface area contributed by atoms with Crippen molar-refractivity contribution in [2.24, 2.45) is 4.99 Å². The lowest BCUT2D eigenvalue weighted by Crippen LogP contribution is -2.09. The van der Waals surface area contributed by atoms with Crippen LogP contribution in [0.4, 0.5) is 0 Å². The number of carbonyl (C=O) groups excluding carboxylic acids is 2. The molecule has 0 atom stereocenters. The summed E-state index contributed by atoms with van der Waals surface area (Å²) in [5.41, 5.74) is 2.75. The Kier molecular flexibility index (Phi) is 5.59. The number of aliphatic imine (C=N–C) groups is 1. The number of esters is 2. The first kappa shape index (κ1) is 19.8. The smallest absolute Gasteiger partial charge is 0.363 e. The van der Waals surface area contributed by atoms with E-state index >= 15 is 0 Å². The molecule has 0 aromatic heterocycles. The second-order valence-electron chi connectivity index (χ2n) is 6.64. The van der Waals surface area contributed by atoms with Crippen molar-refractivity contribution in [2.45, 2.75) is 6.92 Å². The number of hydrogen-bond donors (Lipinski definition) is 0. The molecule has 0 radical (unpaired) electrons. The normalized spacial score (nSPS) is 14.4. The number of carbonyl (C=O) groups is 2. The van der Waals surface area contributed by atoms with Gasteiger partial charge < -0.3 is 9.47 Å². The van der Waals surface area contributed by atoms with Crippen molar-refractivity contribution >= 4 is 39.8 Å². The zero-order chi connectivity index (χ0) is 21.1. The first-order chi connectivity index (χ1) is 14.5. The molecule has 4 rings (SSSR count). The van der Waals surface area contributed by atoms with Crippen LogP contribution in [0.15, 0.2) is 88.0 Å². The van der Waals surface area contributed by atoms with Gasteiger partial charge in [0, 0.05) is 15.6 Å².